The van der Waals surface area contributed by atoms with Crippen molar-refractivity contribution in [1.82, 2.24) is 4.90 Å². The molecule has 1 aliphatic carbocycles. The summed E-state index contributed by atoms with van der Waals surface area (Å²) in [6.07, 6.45) is 8.20. The fraction of sp³-hybridized carbons (Fsp3) is 0.632. The first-order valence-corrected chi connectivity index (χ1v) is 8.89. The number of hydrogen-bond acceptors (Lipinski definition) is 2. The maximum atomic E-state index is 13.5. The number of hydrogen-bond donors (Lipinski definition) is 1. The molecule has 1 aromatic carbocycles. The lowest BCUT2D eigenvalue weighted by molar-refractivity contribution is -0.135. The summed E-state index contributed by atoms with van der Waals surface area (Å²) < 4.78 is 13.5. The van der Waals surface area contributed by atoms with Gasteiger partial charge in [0.1, 0.15) is 5.82 Å². The van der Waals surface area contributed by atoms with Gasteiger partial charge in [-0.05, 0) is 55.3 Å². The molecule has 3 rings (SSSR count). The van der Waals surface area contributed by atoms with Crippen LogP contribution in [0.25, 0.3) is 0 Å². The largest absolute Gasteiger partial charge is 0.336 e. The van der Waals surface area contributed by atoms with Crippen LogP contribution in [0.5, 0.6) is 0 Å². The average Bonchev–Trinajstić information content (AvgIpc) is 3.05. The number of carbonyl (C=O) groups is 1. The van der Waals surface area contributed by atoms with Crippen molar-refractivity contribution in [1.29, 1.82) is 0 Å². The van der Waals surface area contributed by atoms with E-state index in [9.17, 15) is 9.18 Å². The predicted octanol–water partition coefficient (Wildman–Crippen LogP) is 4.21. The molecule has 5 heteroatoms. The summed E-state index contributed by atoms with van der Waals surface area (Å²) in [6, 6.07) is 6.70. The van der Waals surface area contributed by atoms with Crippen molar-refractivity contribution in [3.8, 4) is 0 Å². The second-order valence-electron chi connectivity index (χ2n) is 7.24. The summed E-state index contributed by atoms with van der Waals surface area (Å²) in [7, 11) is 0. The first-order valence-electron chi connectivity index (χ1n) is 8.89. The summed E-state index contributed by atoms with van der Waals surface area (Å²) in [5, 5.41) is 0. The number of rotatable bonds is 4. The molecule has 0 spiro atoms. The average molecular weight is 355 g/mol. The SMILES string of the molecule is Cl.NCC1(CC(=O)N2CCCC2c2cccc(F)c2)CCCCC1. The molecule has 0 aromatic heterocycles. The number of likely N-dealkylation sites (tertiary alicyclic amines) is 1. The monoisotopic (exact) mass is 354 g/mol. The molecule has 24 heavy (non-hydrogen) atoms. The molecule has 1 atom stereocenters. The summed E-state index contributed by atoms with van der Waals surface area (Å²) in [4.78, 5) is 14.9. The van der Waals surface area contributed by atoms with Gasteiger partial charge in [-0.3, -0.25) is 4.79 Å². The van der Waals surface area contributed by atoms with Crippen LogP contribution in [0.4, 0.5) is 4.39 Å². The minimum absolute atomic E-state index is 0. The summed E-state index contributed by atoms with van der Waals surface area (Å²) in [5.41, 5.74) is 6.94. The van der Waals surface area contributed by atoms with Crippen LogP contribution in [0.3, 0.4) is 0 Å². The van der Waals surface area contributed by atoms with Gasteiger partial charge in [-0.2, -0.15) is 0 Å². The van der Waals surface area contributed by atoms with Crippen molar-refractivity contribution < 1.29 is 9.18 Å². The minimum Gasteiger partial charge on any atom is -0.336 e. The second-order valence-corrected chi connectivity index (χ2v) is 7.24. The highest BCUT2D eigenvalue weighted by atomic mass is 35.5. The first kappa shape index (κ1) is 19.2. The van der Waals surface area contributed by atoms with Gasteiger partial charge in [0.2, 0.25) is 5.91 Å². The number of halogens is 2. The fourth-order valence-corrected chi connectivity index (χ4v) is 4.30. The molecule has 2 N–H and O–H groups in total. The molecule has 1 saturated carbocycles. The maximum Gasteiger partial charge on any atom is 0.223 e. The van der Waals surface area contributed by atoms with Gasteiger partial charge in [-0.15, -0.1) is 12.4 Å². The van der Waals surface area contributed by atoms with Gasteiger partial charge in [-0.1, -0.05) is 31.4 Å². The van der Waals surface area contributed by atoms with E-state index in [4.69, 9.17) is 5.73 Å². The van der Waals surface area contributed by atoms with E-state index < -0.39 is 0 Å². The number of nitrogens with zero attached hydrogens (tertiary/aromatic N) is 1. The highest BCUT2D eigenvalue weighted by molar-refractivity contribution is 5.85. The molecule has 3 nitrogen and oxygen atoms in total. The van der Waals surface area contributed by atoms with E-state index in [-0.39, 0.29) is 35.6 Å². The highest BCUT2D eigenvalue weighted by Crippen LogP contribution is 2.41. The van der Waals surface area contributed by atoms with Crippen LogP contribution >= 0.6 is 12.4 Å². The first-order chi connectivity index (χ1) is 11.1. The molecule has 1 aliphatic heterocycles. The molecular weight excluding hydrogens is 327 g/mol. The Morgan fingerprint density at radius 1 is 1.25 bits per heavy atom. The molecular formula is C19H28ClFN2O. The lowest BCUT2D eigenvalue weighted by atomic mass is 9.71. The van der Waals surface area contributed by atoms with E-state index in [0.29, 0.717) is 13.0 Å². The van der Waals surface area contributed by atoms with Crippen LogP contribution in [0.1, 0.15) is 63.0 Å². The van der Waals surface area contributed by atoms with Crippen molar-refractivity contribution in [3.05, 3.63) is 35.6 Å². The molecule has 2 aliphatic rings. The zero-order chi connectivity index (χ0) is 16.3. The van der Waals surface area contributed by atoms with Crippen molar-refractivity contribution in [3.63, 3.8) is 0 Å². The van der Waals surface area contributed by atoms with E-state index in [1.807, 2.05) is 11.0 Å². The van der Waals surface area contributed by atoms with Crippen LogP contribution in [0.15, 0.2) is 24.3 Å². The molecule has 0 radical (unpaired) electrons. The van der Waals surface area contributed by atoms with Crippen molar-refractivity contribution in [2.45, 2.75) is 57.4 Å². The Morgan fingerprint density at radius 2 is 2.00 bits per heavy atom. The topological polar surface area (TPSA) is 46.3 Å². The second kappa shape index (κ2) is 8.30. The van der Waals surface area contributed by atoms with Gasteiger partial charge in [0.15, 0.2) is 0 Å². The van der Waals surface area contributed by atoms with Crippen LogP contribution in [0.2, 0.25) is 0 Å². The van der Waals surface area contributed by atoms with E-state index in [2.05, 4.69) is 0 Å². The molecule has 1 heterocycles. The van der Waals surface area contributed by atoms with E-state index in [1.165, 1.54) is 25.3 Å². The van der Waals surface area contributed by atoms with Gasteiger partial charge in [0.25, 0.3) is 0 Å². The zero-order valence-corrected chi connectivity index (χ0v) is 15.0. The van der Waals surface area contributed by atoms with E-state index in [0.717, 1.165) is 37.8 Å². The lowest BCUT2D eigenvalue weighted by Crippen LogP contribution is -2.40. The fourth-order valence-electron chi connectivity index (χ4n) is 4.30. The predicted molar refractivity (Wildman–Crippen MR) is 96.5 cm³/mol. The Hall–Kier alpha value is -1.13. The Morgan fingerprint density at radius 3 is 2.67 bits per heavy atom. The van der Waals surface area contributed by atoms with Crippen LogP contribution in [0, 0.1) is 11.2 Å². The zero-order valence-electron chi connectivity index (χ0n) is 14.2. The summed E-state index contributed by atoms with van der Waals surface area (Å²) in [5.74, 6) is -0.0309. The molecule has 1 unspecified atom stereocenters. The summed E-state index contributed by atoms with van der Waals surface area (Å²) in [6.45, 7) is 1.37. The molecule has 1 saturated heterocycles. The lowest BCUT2D eigenvalue weighted by Gasteiger charge is -2.37. The van der Waals surface area contributed by atoms with Gasteiger partial charge in [0, 0.05) is 13.0 Å². The number of benzene rings is 1. The van der Waals surface area contributed by atoms with Crippen molar-refractivity contribution >= 4 is 18.3 Å². The minimum atomic E-state index is -0.229. The van der Waals surface area contributed by atoms with Crippen LogP contribution in [-0.4, -0.2) is 23.9 Å². The number of carbonyl (C=O) groups excluding carboxylic acids is 1. The van der Waals surface area contributed by atoms with Crippen LogP contribution in [-0.2, 0) is 4.79 Å². The molecule has 1 aromatic rings. The standard InChI is InChI=1S/C19H27FN2O.ClH/c20-16-7-4-6-15(12-16)17-8-5-11-22(17)18(23)13-19(14-21)9-2-1-3-10-19;/h4,6-7,12,17H,1-3,5,8-11,13-14,21H2;1H. The number of amides is 1. The Bertz CT molecular complexity index is 560. The van der Waals surface area contributed by atoms with Crippen molar-refractivity contribution in [2.24, 2.45) is 11.1 Å². The van der Waals surface area contributed by atoms with Gasteiger partial charge in [0.05, 0.1) is 6.04 Å². The molecule has 1 amide bonds. The smallest absolute Gasteiger partial charge is 0.223 e. The van der Waals surface area contributed by atoms with Crippen LogP contribution < -0.4 is 5.73 Å². The number of nitrogens with two attached hydrogens (primary N) is 1. The third kappa shape index (κ3) is 4.09. The van der Waals surface area contributed by atoms with Gasteiger partial charge < -0.3 is 10.6 Å². The third-order valence-electron chi connectivity index (χ3n) is 5.68. The normalized spacial score (nSPS) is 22.9. The molecule has 134 valence electrons. The van der Waals surface area contributed by atoms with Crippen molar-refractivity contribution in [2.75, 3.05) is 13.1 Å². The summed E-state index contributed by atoms with van der Waals surface area (Å²) >= 11 is 0. The van der Waals surface area contributed by atoms with Gasteiger partial charge in [-0.25, -0.2) is 4.39 Å². The third-order valence-corrected chi connectivity index (χ3v) is 5.68. The Kier molecular flexibility index (Phi) is 6.64. The Labute approximate surface area is 150 Å². The van der Waals surface area contributed by atoms with E-state index >= 15 is 0 Å². The molecule has 0 bridgehead atoms. The quantitative estimate of drug-likeness (QED) is 0.880. The highest BCUT2D eigenvalue weighted by Gasteiger charge is 2.37. The maximum absolute atomic E-state index is 13.5. The van der Waals surface area contributed by atoms with Gasteiger partial charge >= 0.3 is 0 Å². The Balaban J connectivity index is 0.00000208. The van der Waals surface area contributed by atoms with E-state index in [1.54, 1.807) is 12.1 Å². The molecule has 2 fully saturated rings.